The van der Waals surface area contributed by atoms with Crippen molar-refractivity contribution in [1.29, 1.82) is 0 Å². The number of ether oxygens (including phenoxy) is 2. The molecular formula is C17H19NO4. The van der Waals surface area contributed by atoms with Crippen LogP contribution in [0.25, 0.3) is 16.5 Å². The summed E-state index contributed by atoms with van der Waals surface area (Å²) in [6, 6.07) is 7.66. The number of hydrogen-bond acceptors (Lipinski definition) is 4. The summed E-state index contributed by atoms with van der Waals surface area (Å²) >= 11 is 0. The Balaban J connectivity index is 1.86. The number of benzene rings is 1. The lowest BCUT2D eigenvalue weighted by Crippen LogP contribution is -2.39. The first-order valence-electron chi connectivity index (χ1n) is 7.31. The molecule has 0 atom stereocenters. The van der Waals surface area contributed by atoms with Crippen LogP contribution < -0.4 is 4.74 Å². The van der Waals surface area contributed by atoms with Crippen LogP contribution in [0.4, 0.5) is 0 Å². The molecule has 1 aromatic carbocycles. The molecule has 2 heterocycles. The third kappa shape index (κ3) is 2.85. The molecule has 116 valence electrons. The average molecular weight is 301 g/mol. The predicted molar refractivity (Wildman–Crippen MR) is 83.8 cm³/mol. The molecule has 0 spiro atoms. The van der Waals surface area contributed by atoms with Crippen LogP contribution in [0.1, 0.15) is 12.7 Å². The summed E-state index contributed by atoms with van der Waals surface area (Å²) in [5, 5.41) is 0.959. The van der Waals surface area contributed by atoms with Gasteiger partial charge in [0.1, 0.15) is 5.76 Å². The van der Waals surface area contributed by atoms with Gasteiger partial charge in [-0.2, -0.15) is 0 Å². The highest BCUT2D eigenvalue weighted by Gasteiger charge is 2.16. The lowest BCUT2D eigenvalue weighted by molar-refractivity contribution is -0.129. The van der Waals surface area contributed by atoms with Gasteiger partial charge >= 0.3 is 0 Å². The Hall–Kier alpha value is -2.27. The van der Waals surface area contributed by atoms with Crippen LogP contribution >= 0.6 is 0 Å². The molecule has 2 aromatic rings. The highest BCUT2D eigenvalue weighted by atomic mass is 16.5. The van der Waals surface area contributed by atoms with Gasteiger partial charge in [-0.25, -0.2) is 0 Å². The molecule has 22 heavy (non-hydrogen) atoms. The van der Waals surface area contributed by atoms with Gasteiger partial charge in [-0.1, -0.05) is 12.1 Å². The van der Waals surface area contributed by atoms with Crippen molar-refractivity contribution in [2.75, 3.05) is 33.4 Å². The Morgan fingerprint density at radius 3 is 2.82 bits per heavy atom. The molecule has 0 aliphatic carbocycles. The third-order valence-corrected chi connectivity index (χ3v) is 3.78. The smallest absolute Gasteiger partial charge is 0.247 e. The molecule has 0 unspecified atom stereocenters. The van der Waals surface area contributed by atoms with Gasteiger partial charge in [-0.05, 0) is 24.6 Å². The Morgan fingerprint density at radius 2 is 2.09 bits per heavy atom. The highest BCUT2D eigenvalue weighted by molar-refractivity contribution is 5.96. The van der Waals surface area contributed by atoms with Crippen molar-refractivity contribution in [3.05, 3.63) is 36.1 Å². The van der Waals surface area contributed by atoms with Gasteiger partial charge in [0, 0.05) is 24.6 Å². The van der Waals surface area contributed by atoms with E-state index < -0.39 is 0 Å². The lowest BCUT2D eigenvalue weighted by Gasteiger charge is -2.25. The molecule has 1 amide bonds. The van der Waals surface area contributed by atoms with E-state index in [1.54, 1.807) is 18.1 Å². The van der Waals surface area contributed by atoms with E-state index in [2.05, 4.69) is 0 Å². The number of carbonyl (C=O) groups is 1. The van der Waals surface area contributed by atoms with Gasteiger partial charge in [0.2, 0.25) is 5.91 Å². The van der Waals surface area contributed by atoms with Crippen LogP contribution in [-0.2, 0) is 9.53 Å². The molecule has 0 saturated carbocycles. The fourth-order valence-electron chi connectivity index (χ4n) is 2.52. The minimum absolute atomic E-state index is 0.00628. The first-order valence-corrected chi connectivity index (χ1v) is 7.31. The molecule has 1 saturated heterocycles. The van der Waals surface area contributed by atoms with E-state index in [-0.39, 0.29) is 5.91 Å². The Labute approximate surface area is 129 Å². The van der Waals surface area contributed by atoms with Crippen molar-refractivity contribution >= 4 is 22.4 Å². The minimum atomic E-state index is -0.00628. The molecule has 1 fully saturated rings. The number of allylic oxidation sites excluding steroid dienone is 1. The van der Waals surface area contributed by atoms with Gasteiger partial charge < -0.3 is 18.8 Å². The molecule has 1 aromatic heterocycles. The van der Waals surface area contributed by atoms with Crippen LogP contribution in [0.5, 0.6) is 5.75 Å². The molecule has 5 nitrogen and oxygen atoms in total. The summed E-state index contributed by atoms with van der Waals surface area (Å²) in [4.78, 5) is 14.0. The summed E-state index contributed by atoms with van der Waals surface area (Å²) in [5.41, 5.74) is 1.50. The molecule has 0 radical (unpaired) electrons. The molecule has 0 bridgehead atoms. The number of para-hydroxylation sites is 1. The Kier molecular flexibility index (Phi) is 4.15. The van der Waals surface area contributed by atoms with E-state index in [1.807, 2.05) is 31.2 Å². The van der Waals surface area contributed by atoms with E-state index in [9.17, 15) is 4.79 Å². The number of nitrogens with zero attached hydrogens (tertiary/aromatic N) is 1. The van der Waals surface area contributed by atoms with E-state index in [4.69, 9.17) is 13.9 Å². The maximum Gasteiger partial charge on any atom is 0.247 e. The fraction of sp³-hybridized carbons (Fsp3) is 0.353. The van der Waals surface area contributed by atoms with E-state index in [0.29, 0.717) is 43.4 Å². The van der Waals surface area contributed by atoms with Crippen molar-refractivity contribution in [3.63, 3.8) is 0 Å². The van der Waals surface area contributed by atoms with Gasteiger partial charge in [-0.15, -0.1) is 0 Å². The Bertz CT molecular complexity index is 711. The van der Waals surface area contributed by atoms with Gasteiger partial charge in [0.05, 0.1) is 20.3 Å². The van der Waals surface area contributed by atoms with Crippen molar-refractivity contribution in [3.8, 4) is 5.75 Å². The van der Waals surface area contributed by atoms with Crippen LogP contribution in [0.15, 0.2) is 34.8 Å². The second kappa shape index (κ2) is 6.23. The van der Waals surface area contributed by atoms with Crippen molar-refractivity contribution < 1.29 is 18.7 Å². The topological polar surface area (TPSA) is 51.9 Å². The second-order valence-electron chi connectivity index (χ2n) is 5.25. The number of morpholine rings is 1. The van der Waals surface area contributed by atoms with Crippen LogP contribution in [0.3, 0.4) is 0 Å². The van der Waals surface area contributed by atoms with E-state index >= 15 is 0 Å². The number of furan rings is 1. The number of carbonyl (C=O) groups excluding carboxylic acids is 1. The quantitative estimate of drug-likeness (QED) is 0.818. The number of rotatable bonds is 3. The van der Waals surface area contributed by atoms with Crippen molar-refractivity contribution in [2.45, 2.75) is 6.92 Å². The molecule has 1 aliphatic heterocycles. The largest absolute Gasteiger partial charge is 0.493 e. The van der Waals surface area contributed by atoms with E-state index in [1.165, 1.54) is 0 Å². The number of hydrogen-bond donors (Lipinski definition) is 0. The van der Waals surface area contributed by atoms with Crippen LogP contribution in [0, 0.1) is 0 Å². The highest BCUT2D eigenvalue weighted by Crippen LogP contribution is 2.31. The molecule has 1 aliphatic rings. The molecule has 0 N–H and O–H groups in total. The van der Waals surface area contributed by atoms with Crippen molar-refractivity contribution in [1.82, 2.24) is 4.90 Å². The van der Waals surface area contributed by atoms with Gasteiger partial charge in [0.25, 0.3) is 0 Å². The molecular weight excluding hydrogens is 282 g/mol. The van der Waals surface area contributed by atoms with Crippen LogP contribution in [0.2, 0.25) is 0 Å². The fourth-order valence-corrected chi connectivity index (χ4v) is 2.52. The first kappa shape index (κ1) is 14.7. The normalized spacial score (nSPS) is 16.1. The van der Waals surface area contributed by atoms with Gasteiger partial charge in [-0.3, -0.25) is 4.79 Å². The number of methoxy groups -OCH3 is 1. The Morgan fingerprint density at radius 1 is 1.32 bits per heavy atom. The molecule has 3 rings (SSSR count). The first-order chi connectivity index (χ1) is 10.7. The second-order valence-corrected chi connectivity index (χ2v) is 5.25. The summed E-state index contributed by atoms with van der Waals surface area (Å²) in [7, 11) is 1.61. The summed E-state index contributed by atoms with van der Waals surface area (Å²) in [6.45, 7) is 4.34. The zero-order chi connectivity index (χ0) is 15.5. The third-order valence-electron chi connectivity index (χ3n) is 3.78. The maximum absolute atomic E-state index is 12.2. The van der Waals surface area contributed by atoms with Crippen molar-refractivity contribution in [2.24, 2.45) is 0 Å². The zero-order valence-corrected chi connectivity index (χ0v) is 12.8. The summed E-state index contributed by atoms with van der Waals surface area (Å²) < 4.78 is 16.4. The SMILES string of the molecule is COc1cccc2cc(C(C)=CC(=O)N3CCOCC3)oc12. The standard InChI is InChI=1S/C17H19NO4/c1-12(10-16(19)18-6-8-21-9-7-18)15-11-13-4-3-5-14(20-2)17(13)22-15/h3-5,10-11H,6-9H2,1-2H3. The monoisotopic (exact) mass is 301 g/mol. The van der Waals surface area contributed by atoms with E-state index in [0.717, 1.165) is 11.0 Å². The average Bonchev–Trinajstić information content (AvgIpc) is 2.99. The summed E-state index contributed by atoms with van der Waals surface area (Å²) in [6.07, 6.45) is 1.62. The zero-order valence-electron chi connectivity index (χ0n) is 12.8. The maximum atomic E-state index is 12.2. The van der Waals surface area contributed by atoms with Gasteiger partial charge in [0.15, 0.2) is 11.3 Å². The van der Waals surface area contributed by atoms with Crippen LogP contribution in [-0.4, -0.2) is 44.2 Å². The number of fused-ring (bicyclic) bond motifs is 1. The lowest BCUT2D eigenvalue weighted by atomic mass is 10.2. The number of amides is 1. The predicted octanol–water partition coefficient (Wildman–Crippen LogP) is 2.70. The minimum Gasteiger partial charge on any atom is -0.493 e. The summed E-state index contributed by atoms with van der Waals surface area (Å²) in [5.74, 6) is 1.37. The molecule has 5 heteroatoms.